The van der Waals surface area contributed by atoms with Gasteiger partial charge in [0.1, 0.15) is 17.2 Å². The summed E-state index contributed by atoms with van der Waals surface area (Å²) in [6.45, 7) is 0. The number of allylic oxidation sites excluding steroid dienone is 1. The summed E-state index contributed by atoms with van der Waals surface area (Å²) in [4.78, 5) is 37.9. The van der Waals surface area contributed by atoms with E-state index in [-0.39, 0.29) is 15.6 Å². The molecule has 3 rings (SSSR count). The summed E-state index contributed by atoms with van der Waals surface area (Å²) in [6, 6.07) is 11.0. The molecule has 1 aliphatic rings. The summed E-state index contributed by atoms with van der Waals surface area (Å²) in [5, 5.41) is 21.9. The van der Waals surface area contributed by atoms with Crippen molar-refractivity contribution in [1.29, 1.82) is 5.26 Å². The number of anilines is 1. The molecule has 2 aromatic rings. The van der Waals surface area contributed by atoms with E-state index in [1.165, 1.54) is 0 Å². The molecule has 13 heteroatoms. The Hall–Kier alpha value is -3.76. The van der Waals surface area contributed by atoms with Crippen molar-refractivity contribution >= 4 is 55.2 Å². The van der Waals surface area contributed by atoms with E-state index in [2.05, 4.69) is 31.9 Å². The van der Waals surface area contributed by atoms with Crippen molar-refractivity contribution in [3.05, 3.63) is 89.5 Å². The number of nitrogens with zero attached hydrogens (tertiary/aromatic N) is 3. The second-order valence-corrected chi connectivity index (χ2v) is 8.59. The molecule has 0 saturated carbocycles. The van der Waals surface area contributed by atoms with Crippen LogP contribution < -0.4 is 10.6 Å². The Labute approximate surface area is 214 Å². The number of carbonyl (C=O) groups is 2. The summed E-state index contributed by atoms with van der Waals surface area (Å²) in [7, 11) is 2.08. The van der Waals surface area contributed by atoms with Gasteiger partial charge in [-0.1, -0.05) is 30.3 Å². The molecule has 1 atom stereocenters. The monoisotopic (exact) mass is 608 g/mol. The molecule has 0 radical (unpaired) electrons. The van der Waals surface area contributed by atoms with Gasteiger partial charge in [0.2, 0.25) is 0 Å². The first-order valence-corrected chi connectivity index (χ1v) is 11.2. The van der Waals surface area contributed by atoms with Gasteiger partial charge < -0.3 is 15.2 Å². The Balaban J connectivity index is 2.56. The summed E-state index contributed by atoms with van der Waals surface area (Å²) >= 11 is 5.89. The Kier molecular flexibility index (Phi) is 7.57. The minimum Gasteiger partial charge on any atom is -0.466 e. The number of nitro groups is 1. The van der Waals surface area contributed by atoms with Gasteiger partial charge in [0, 0.05) is 6.07 Å². The standard InChI is InChI=1S/C22H15Br2FN4O6/c1-34-21(30)15-14(10-6-4-3-5-7-10)11(9-26)20(27)28(19(15)22(31)35-2)18-13(29(32)33)8-12(23)17(25)16(18)24/h3-8,14H,27H2,1-2H3. The van der Waals surface area contributed by atoms with Crippen molar-refractivity contribution < 1.29 is 28.4 Å². The maximum absolute atomic E-state index is 14.9. The van der Waals surface area contributed by atoms with Crippen LogP contribution in [0.1, 0.15) is 11.5 Å². The van der Waals surface area contributed by atoms with Crippen LogP contribution in [-0.4, -0.2) is 31.1 Å². The maximum Gasteiger partial charge on any atom is 0.355 e. The fourth-order valence-electron chi connectivity index (χ4n) is 3.67. The number of halogens is 3. The van der Waals surface area contributed by atoms with E-state index in [9.17, 15) is 29.4 Å². The lowest BCUT2D eigenvalue weighted by Crippen LogP contribution is -2.41. The molecule has 10 nitrogen and oxygen atoms in total. The molecule has 0 aliphatic carbocycles. The predicted octanol–water partition coefficient (Wildman–Crippen LogP) is 4.16. The van der Waals surface area contributed by atoms with Crippen LogP contribution in [0.25, 0.3) is 0 Å². The first-order valence-electron chi connectivity index (χ1n) is 9.58. The van der Waals surface area contributed by atoms with Gasteiger partial charge in [0.25, 0.3) is 5.69 Å². The van der Waals surface area contributed by atoms with Crippen LogP contribution in [0.4, 0.5) is 15.8 Å². The van der Waals surface area contributed by atoms with Gasteiger partial charge in [-0.25, -0.2) is 14.0 Å². The first-order chi connectivity index (χ1) is 16.6. The molecule has 0 saturated heterocycles. The average Bonchev–Trinajstić information content (AvgIpc) is 2.86. The van der Waals surface area contributed by atoms with Gasteiger partial charge in [0.15, 0.2) is 5.82 Å². The first kappa shape index (κ1) is 25.9. The van der Waals surface area contributed by atoms with Crippen molar-refractivity contribution in [2.75, 3.05) is 19.1 Å². The lowest BCUT2D eigenvalue weighted by molar-refractivity contribution is -0.384. The van der Waals surface area contributed by atoms with Crippen LogP contribution in [-0.2, 0) is 19.1 Å². The number of rotatable bonds is 5. The predicted molar refractivity (Wildman–Crippen MR) is 128 cm³/mol. The minimum absolute atomic E-state index is 0.228. The van der Waals surface area contributed by atoms with Crippen LogP contribution >= 0.6 is 31.9 Å². The van der Waals surface area contributed by atoms with Crippen molar-refractivity contribution in [1.82, 2.24) is 0 Å². The number of methoxy groups -OCH3 is 2. The lowest BCUT2D eigenvalue weighted by atomic mass is 9.81. The minimum atomic E-state index is -1.18. The number of hydrogen-bond acceptors (Lipinski definition) is 9. The van der Waals surface area contributed by atoms with Gasteiger partial charge >= 0.3 is 11.9 Å². The molecule has 0 aromatic heterocycles. The maximum atomic E-state index is 14.9. The summed E-state index contributed by atoms with van der Waals surface area (Å²) in [6.07, 6.45) is 0. The van der Waals surface area contributed by atoms with E-state index in [1.54, 1.807) is 30.3 Å². The number of esters is 2. The molecule has 1 heterocycles. The van der Waals surface area contributed by atoms with Gasteiger partial charge in [-0.15, -0.1) is 0 Å². The smallest absolute Gasteiger partial charge is 0.355 e. The average molecular weight is 610 g/mol. The Morgan fingerprint density at radius 3 is 2.31 bits per heavy atom. The van der Waals surface area contributed by atoms with Crippen LogP contribution in [0, 0.1) is 27.3 Å². The lowest BCUT2D eigenvalue weighted by Gasteiger charge is -2.36. The third kappa shape index (κ3) is 4.38. The summed E-state index contributed by atoms with van der Waals surface area (Å²) in [5.41, 5.74) is 4.33. The number of carbonyl (C=O) groups excluding carboxylic acids is 2. The van der Waals surface area contributed by atoms with E-state index < -0.39 is 56.0 Å². The highest BCUT2D eigenvalue weighted by Gasteiger charge is 2.45. The molecule has 0 spiro atoms. The van der Waals surface area contributed by atoms with Crippen molar-refractivity contribution in [3.8, 4) is 6.07 Å². The third-order valence-corrected chi connectivity index (χ3v) is 6.45. The summed E-state index contributed by atoms with van der Waals surface area (Å²) < 4.78 is 23.9. The second-order valence-electron chi connectivity index (χ2n) is 6.95. The van der Waals surface area contributed by atoms with E-state index in [4.69, 9.17) is 15.2 Å². The van der Waals surface area contributed by atoms with Crippen LogP contribution in [0.5, 0.6) is 0 Å². The zero-order valence-corrected chi connectivity index (χ0v) is 21.2. The highest BCUT2D eigenvalue weighted by Crippen LogP contribution is 2.49. The van der Waals surface area contributed by atoms with Gasteiger partial charge in [-0.05, 0) is 37.4 Å². The van der Waals surface area contributed by atoms with Crippen molar-refractivity contribution in [3.63, 3.8) is 0 Å². The molecular formula is C22H15Br2FN4O6. The van der Waals surface area contributed by atoms with E-state index in [0.717, 1.165) is 25.2 Å². The van der Waals surface area contributed by atoms with Crippen LogP contribution in [0.2, 0.25) is 0 Å². The van der Waals surface area contributed by atoms with Crippen LogP contribution in [0.3, 0.4) is 0 Å². The van der Waals surface area contributed by atoms with Gasteiger partial charge in [-0.3, -0.25) is 15.0 Å². The second kappa shape index (κ2) is 10.2. The highest BCUT2D eigenvalue weighted by atomic mass is 79.9. The van der Waals surface area contributed by atoms with E-state index >= 15 is 0 Å². The molecule has 2 aromatic carbocycles. The fraction of sp³-hybridized carbons (Fsp3) is 0.136. The topological polar surface area (TPSA) is 149 Å². The highest BCUT2D eigenvalue weighted by molar-refractivity contribution is 9.11. The number of benzene rings is 2. The molecule has 35 heavy (non-hydrogen) atoms. The molecular weight excluding hydrogens is 595 g/mol. The number of nitrogens with two attached hydrogens (primary N) is 1. The fourth-order valence-corrected chi connectivity index (χ4v) is 4.95. The van der Waals surface area contributed by atoms with Gasteiger partial charge in [0.05, 0.1) is 51.2 Å². The van der Waals surface area contributed by atoms with Gasteiger partial charge in [-0.2, -0.15) is 5.26 Å². The van der Waals surface area contributed by atoms with E-state index in [0.29, 0.717) is 5.56 Å². The number of hydrogen-bond donors (Lipinski definition) is 1. The third-order valence-electron chi connectivity index (χ3n) is 5.15. The Morgan fingerprint density at radius 1 is 1.20 bits per heavy atom. The van der Waals surface area contributed by atoms with Crippen molar-refractivity contribution in [2.45, 2.75) is 5.92 Å². The Bertz CT molecular complexity index is 1350. The molecule has 0 bridgehead atoms. The largest absolute Gasteiger partial charge is 0.466 e. The molecule has 1 aliphatic heterocycles. The molecule has 0 amide bonds. The number of ether oxygens (including phenoxy) is 2. The molecule has 1 unspecified atom stereocenters. The quantitative estimate of drug-likeness (QED) is 0.228. The zero-order valence-electron chi connectivity index (χ0n) is 18.0. The van der Waals surface area contributed by atoms with Crippen LogP contribution in [0.15, 0.2) is 68.0 Å². The van der Waals surface area contributed by atoms with E-state index in [1.807, 2.05) is 6.07 Å². The SMILES string of the molecule is COC(=O)C1=C(C(=O)OC)N(c2c([N+](=O)[O-])cc(Br)c(F)c2Br)C(N)=C(C#N)C1c1ccccc1. The normalized spacial score (nSPS) is 15.5. The van der Waals surface area contributed by atoms with Crippen molar-refractivity contribution in [2.24, 2.45) is 5.73 Å². The number of nitriles is 1. The molecule has 180 valence electrons. The molecule has 0 fully saturated rings. The Morgan fingerprint density at radius 2 is 1.80 bits per heavy atom. The summed E-state index contributed by atoms with van der Waals surface area (Å²) in [5.74, 6) is -4.74. The zero-order chi connectivity index (χ0) is 26.0. The molecule has 2 N–H and O–H groups in total. The number of nitro benzene ring substituents is 1.